The molecule has 1 aromatic rings. The molecule has 0 N–H and O–H groups in total. The molecule has 0 spiro atoms. The zero-order valence-electron chi connectivity index (χ0n) is 10.9. The number of ether oxygens (including phenoxy) is 1. The molecule has 5 heteroatoms. The Morgan fingerprint density at radius 3 is 2.74 bits per heavy atom. The lowest BCUT2D eigenvalue weighted by molar-refractivity contribution is -0.145. The van der Waals surface area contributed by atoms with Crippen LogP contribution in [0.5, 0.6) is 0 Å². The van der Waals surface area contributed by atoms with Crippen molar-refractivity contribution in [1.29, 1.82) is 0 Å². The molecule has 0 radical (unpaired) electrons. The van der Waals surface area contributed by atoms with Crippen LogP contribution in [0.2, 0.25) is 0 Å². The molecular formula is C14H16FNO3. The van der Waals surface area contributed by atoms with Gasteiger partial charge in [0.1, 0.15) is 12.4 Å². The number of amides is 1. The van der Waals surface area contributed by atoms with Gasteiger partial charge in [0.25, 0.3) is 0 Å². The lowest BCUT2D eigenvalue weighted by Crippen LogP contribution is -2.34. The summed E-state index contributed by atoms with van der Waals surface area (Å²) in [6.45, 7) is 2.05. The number of carbonyl (C=O) groups is 2. The minimum Gasteiger partial charge on any atom is -0.468 e. The molecule has 4 nitrogen and oxygen atoms in total. The summed E-state index contributed by atoms with van der Waals surface area (Å²) in [7, 11) is 1.27. The lowest BCUT2D eigenvalue weighted by atomic mass is 10.2. The van der Waals surface area contributed by atoms with Gasteiger partial charge in [-0.2, -0.15) is 0 Å². The van der Waals surface area contributed by atoms with Gasteiger partial charge in [-0.15, -0.1) is 0 Å². The minimum atomic E-state index is -0.477. The number of hydrogen-bond acceptors (Lipinski definition) is 3. The molecule has 0 fully saturated rings. The molecule has 1 aromatic carbocycles. The van der Waals surface area contributed by atoms with Gasteiger partial charge in [0, 0.05) is 12.6 Å². The van der Waals surface area contributed by atoms with E-state index in [2.05, 4.69) is 4.74 Å². The van der Waals surface area contributed by atoms with Crippen LogP contribution < -0.4 is 0 Å². The zero-order valence-corrected chi connectivity index (χ0v) is 10.9. The molecule has 1 rings (SSSR count). The average Bonchev–Trinajstić information content (AvgIpc) is 2.41. The van der Waals surface area contributed by atoms with Crippen molar-refractivity contribution in [3.8, 4) is 0 Å². The van der Waals surface area contributed by atoms with E-state index >= 15 is 0 Å². The first-order valence-corrected chi connectivity index (χ1v) is 5.86. The molecule has 0 unspecified atom stereocenters. The molecule has 0 aromatic heterocycles. The summed E-state index contributed by atoms with van der Waals surface area (Å²) in [6, 6.07) is 5.89. The van der Waals surface area contributed by atoms with Crippen LogP contribution in [0.3, 0.4) is 0 Å². The van der Waals surface area contributed by atoms with Crippen molar-refractivity contribution in [2.45, 2.75) is 6.92 Å². The number of nitrogens with zero attached hydrogens (tertiary/aromatic N) is 1. The number of likely N-dealkylation sites (N-methyl/N-ethyl adjacent to an activating group) is 1. The Kier molecular flexibility index (Phi) is 5.73. The summed E-state index contributed by atoms with van der Waals surface area (Å²) in [6.07, 6.45) is 2.81. The van der Waals surface area contributed by atoms with Gasteiger partial charge in [-0.25, -0.2) is 4.39 Å². The number of hydrogen-bond donors (Lipinski definition) is 0. The van der Waals surface area contributed by atoms with Crippen molar-refractivity contribution in [2.75, 3.05) is 20.2 Å². The quantitative estimate of drug-likeness (QED) is 0.603. The topological polar surface area (TPSA) is 46.6 Å². The van der Waals surface area contributed by atoms with Gasteiger partial charge in [-0.05, 0) is 30.7 Å². The van der Waals surface area contributed by atoms with E-state index in [0.717, 1.165) is 0 Å². The van der Waals surface area contributed by atoms with Crippen LogP contribution in [0.4, 0.5) is 4.39 Å². The number of carbonyl (C=O) groups excluding carboxylic acids is 2. The highest BCUT2D eigenvalue weighted by molar-refractivity contribution is 5.93. The number of esters is 1. The average molecular weight is 265 g/mol. The summed E-state index contributed by atoms with van der Waals surface area (Å²) in [5.41, 5.74) is 0.586. The van der Waals surface area contributed by atoms with E-state index in [4.69, 9.17) is 0 Å². The Bertz CT molecular complexity index is 485. The maximum absolute atomic E-state index is 12.9. The van der Waals surface area contributed by atoms with Crippen molar-refractivity contribution < 1.29 is 18.7 Å². The number of methoxy groups -OCH3 is 1. The van der Waals surface area contributed by atoms with Gasteiger partial charge in [0.05, 0.1) is 7.11 Å². The van der Waals surface area contributed by atoms with Gasteiger partial charge in [-0.1, -0.05) is 12.1 Å². The Hall–Kier alpha value is -2.17. The summed E-state index contributed by atoms with van der Waals surface area (Å²) >= 11 is 0. The van der Waals surface area contributed by atoms with Crippen molar-refractivity contribution in [3.63, 3.8) is 0 Å². The number of halogens is 1. The van der Waals surface area contributed by atoms with Gasteiger partial charge in [0.15, 0.2) is 0 Å². The second-order valence-corrected chi connectivity index (χ2v) is 3.82. The lowest BCUT2D eigenvalue weighted by Gasteiger charge is -2.17. The smallest absolute Gasteiger partial charge is 0.325 e. The summed E-state index contributed by atoms with van der Waals surface area (Å²) < 4.78 is 17.4. The molecule has 0 aliphatic heterocycles. The Balaban J connectivity index is 2.69. The maximum atomic E-state index is 12.9. The normalized spacial score (nSPS) is 10.5. The van der Waals surface area contributed by atoms with Crippen molar-refractivity contribution in [1.82, 2.24) is 4.90 Å². The van der Waals surface area contributed by atoms with Crippen LogP contribution in [-0.4, -0.2) is 37.0 Å². The molecule has 0 aliphatic rings. The van der Waals surface area contributed by atoms with Gasteiger partial charge in [-0.3, -0.25) is 9.59 Å². The molecule has 0 aliphatic carbocycles. The van der Waals surface area contributed by atoms with E-state index in [0.29, 0.717) is 12.1 Å². The molecule has 1 amide bonds. The van der Waals surface area contributed by atoms with E-state index in [1.165, 1.54) is 36.3 Å². The fourth-order valence-corrected chi connectivity index (χ4v) is 1.45. The summed E-state index contributed by atoms with van der Waals surface area (Å²) in [4.78, 5) is 24.3. The molecule has 0 heterocycles. The highest BCUT2D eigenvalue weighted by Gasteiger charge is 2.12. The Morgan fingerprint density at radius 2 is 2.16 bits per heavy atom. The molecule has 0 saturated heterocycles. The third-order valence-corrected chi connectivity index (χ3v) is 2.51. The fourth-order valence-electron chi connectivity index (χ4n) is 1.45. The third-order valence-electron chi connectivity index (χ3n) is 2.51. The maximum Gasteiger partial charge on any atom is 0.325 e. The predicted molar refractivity (Wildman–Crippen MR) is 69.7 cm³/mol. The molecule has 0 atom stereocenters. The van der Waals surface area contributed by atoms with E-state index in [-0.39, 0.29) is 18.3 Å². The van der Waals surface area contributed by atoms with Gasteiger partial charge >= 0.3 is 5.97 Å². The Morgan fingerprint density at radius 1 is 1.42 bits per heavy atom. The fraction of sp³-hybridized carbons (Fsp3) is 0.286. The molecule has 0 bridgehead atoms. The van der Waals surface area contributed by atoms with E-state index in [1.54, 1.807) is 19.1 Å². The van der Waals surface area contributed by atoms with Crippen LogP contribution in [0.1, 0.15) is 12.5 Å². The standard InChI is InChI=1S/C14H16FNO3/c1-3-16(10-14(18)19-2)13(17)8-7-11-5-4-6-12(15)9-11/h4-9H,3,10H2,1-2H3. The first-order valence-electron chi connectivity index (χ1n) is 5.86. The second-order valence-electron chi connectivity index (χ2n) is 3.82. The van der Waals surface area contributed by atoms with E-state index in [9.17, 15) is 14.0 Å². The number of benzene rings is 1. The van der Waals surface area contributed by atoms with Crippen LogP contribution in [0.25, 0.3) is 6.08 Å². The molecular weight excluding hydrogens is 249 g/mol. The molecule has 102 valence electrons. The zero-order chi connectivity index (χ0) is 14.3. The minimum absolute atomic E-state index is 0.0979. The first kappa shape index (κ1) is 14.9. The molecule has 19 heavy (non-hydrogen) atoms. The van der Waals surface area contributed by atoms with Gasteiger partial charge < -0.3 is 9.64 Å². The van der Waals surface area contributed by atoms with E-state index < -0.39 is 5.97 Å². The first-order chi connectivity index (χ1) is 9.06. The van der Waals surface area contributed by atoms with Crippen LogP contribution in [-0.2, 0) is 14.3 Å². The monoisotopic (exact) mass is 265 g/mol. The van der Waals surface area contributed by atoms with Crippen molar-refractivity contribution >= 4 is 18.0 Å². The van der Waals surface area contributed by atoms with E-state index in [1.807, 2.05) is 0 Å². The highest BCUT2D eigenvalue weighted by Crippen LogP contribution is 2.06. The van der Waals surface area contributed by atoms with Crippen molar-refractivity contribution in [3.05, 3.63) is 41.7 Å². The van der Waals surface area contributed by atoms with Crippen LogP contribution >= 0.6 is 0 Å². The summed E-state index contributed by atoms with van der Waals surface area (Å²) in [5, 5.41) is 0. The van der Waals surface area contributed by atoms with Crippen molar-refractivity contribution in [2.24, 2.45) is 0 Å². The summed E-state index contributed by atoms with van der Waals surface area (Å²) in [5.74, 6) is -1.16. The highest BCUT2D eigenvalue weighted by atomic mass is 19.1. The number of rotatable bonds is 5. The third kappa shape index (κ3) is 4.91. The van der Waals surface area contributed by atoms with Gasteiger partial charge in [0.2, 0.25) is 5.91 Å². The van der Waals surface area contributed by atoms with Crippen LogP contribution in [0, 0.1) is 5.82 Å². The second kappa shape index (κ2) is 7.31. The Labute approximate surface area is 111 Å². The van der Waals surface area contributed by atoms with Crippen LogP contribution in [0.15, 0.2) is 30.3 Å². The predicted octanol–water partition coefficient (Wildman–Crippen LogP) is 1.86. The largest absolute Gasteiger partial charge is 0.468 e. The SMILES string of the molecule is CCN(CC(=O)OC)C(=O)C=Cc1cccc(F)c1. The molecule has 0 saturated carbocycles.